The summed E-state index contributed by atoms with van der Waals surface area (Å²) in [6, 6.07) is 10.6. The van der Waals surface area contributed by atoms with Crippen LogP contribution in [-0.4, -0.2) is 35.4 Å². The monoisotopic (exact) mass is 504 g/mol. The number of ether oxygens (including phenoxy) is 1. The summed E-state index contributed by atoms with van der Waals surface area (Å²) in [7, 11) is 0. The van der Waals surface area contributed by atoms with Crippen molar-refractivity contribution in [2.75, 3.05) is 6.61 Å². The van der Waals surface area contributed by atoms with E-state index >= 15 is 0 Å². The number of nitrogens with zero attached hydrogens (tertiary/aromatic N) is 1. The van der Waals surface area contributed by atoms with Gasteiger partial charge in [-0.1, -0.05) is 67.6 Å². The van der Waals surface area contributed by atoms with Crippen LogP contribution in [0.1, 0.15) is 62.1 Å². The van der Waals surface area contributed by atoms with E-state index in [0.29, 0.717) is 22.2 Å². The fourth-order valence-electron chi connectivity index (χ4n) is 4.49. The van der Waals surface area contributed by atoms with Crippen molar-refractivity contribution in [2.24, 2.45) is 0 Å². The van der Waals surface area contributed by atoms with Gasteiger partial charge in [0.15, 0.2) is 6.61 Å². The Morgan fingerprint density at radius 1 is 1.09 bits per heavy atom. The molecule has 1 saturated carbocycles. The molecule has 5 nitrogen and oxygen atoms in total. The van der Waals surface area contributed by atoms with Gasteiger partial charge in [-0.3, -0.25) is 9.59 Å². The Morgan fingerprint density at radius 3 is 2.35 bits per heavy atom. The number of rotatable bonds is 9. The maximum absolute atomic E-state index is 13.4. The lowest BCUT2D eigenvalue weighted by Gasteiger charge is -2.33. The van der Waals surface area contributed by atoms with Crippen molar-refractivity contribution in [3.05, 3.63) is 63.1 Å². The van der Waals surface area contributed by atoms with Gasteiger partial charge in [-0.15, -0.1) is 0 Å². The Kier molecular flexibility index (Phi) is 9.66. The zero-order valence-corrected chi connectivity index (χ0v) is 21.7. The third-order valence-electron chi connectivity index (χ3n) is 6.41. The molecule has 2 amide bonds. The quantitative estimate of drug-likeness (QED) is 0.439. The normalized spacial score (nSPS) is 15.0. The smallest absolute Gasteiger partial charge is 0.261 e. The van der Waals surface area contributed by atoms with Crippen LogP contribution in [0.5, 0.6) is 5.75 Å². The van der Waals surface area contributed by atoms with Crippen LogP contribution in [0.15, 0.2) is 36.4 Å². The van der Waals surface area contributed by atoms with Gasteiger partial charge in [-0.25, -0.2) is 0 Å². The number of hydrogen-bond acceptors (Lipinski definition) is 3. The molecule has 2 aromatic carbocycles. The minimum atomic E-state index is -0.608. The molecule has 2 aromatic rings. The highest BCUT2D eigenvalue weighted by atomic mass is 35.5. The average molecular weight is 505 g/mol. The summed E-state index contributed by atoms with van der Waals surface area (Å²) in [6.45, 7) is 5.77. The number of amides is 2. The number of aryl methyl sites for hydroxylation is 2. The largest absolute Gasteiger partial charge is 0.484 e. The van der Waals surface area contributed by atoms with Gasteiger partial charge in [-0.2, -0.15) is 0 Å². The first-order valence-electron chi connectivity index (χ1n) is 12.0. The first kappa shape index (κ1) is 26.4. The SMILES string of the molecule is CCC(C(=O)NC1CCCCC1)N(Cc1ccccc1Cl)C(=O)COc1cc(C)c(Cl)c(C)c1. The molecule has 1 aliphatic rings. The summed E-state index contributed by atoms with van der Waals surface area (Å²) in [5, 5.41) is 4.43. The molecule has 0 saturated heterocycles. The zero-order chi connectivity index (χ0) is 24.7. The second kappa shape index (κ2) is 12.5. The predicted molar refractivity (Wildman–Crippen MR) is 138 cm³/mol. The van der Waals surface area contributed by atoms with Crippen LogP contribution in [0.2, 0.25) is 10.0 Å². The maximum Gasteiger partial charge on any atom is 0.261 e. The molecule has 0 heterocycles. The lowest BCUT2D eigenvalue weighted by molar-refractivity contribution is -0.143. The van der Waals surface area contributed by atoms with E-state index in [0.717, 1.165) is 42.4 Å². The van der Waals surface area contributed by atoms with Crippen LogP contribution in [-0.2, 0) is 16.1 Å². The van der Waals surface area contributed by atoms with E-state index in [1.807, 2.05) is 51.1 Å². The topological polar surface area (TPSA) is 58.6 Å². The van der Waals surface area contributed by atoms with E-state index < -0.39 is 6.04 Å². The molecule has 3 rings (SSSR count). The van der Waals surface area contributed by atoms with Crippen molar-refractivity contribution in [3.63, 3.8) is 0 Å². The van der Waals surface area contributed by atoms with Gasteiger partial charge in [0, 0.05) is 22.6 Å². The van der Waals surface area contributed by atoms with E-state index in [1.54, 1.807) is 11.0 Å². The number of carbonyl (C=O) groups is 2. The highest BCUT2D eigenvalue weighted by Crippen LogP contribution is 2.26. The highest BCUT2D eigenvalue weighted by molar-refractivity contribution is 6.32. The molecule has 0 radical (unpaired) electrons. The number of nitrogens with one attached hydrogen (secondary N) is 1. The predicted octanol–water partition coefficient (Wildman–Crippen LogP) is 6.25. The molecule has 0 spiro atoms. The maximum atomic E-state index is 13.4. The van der Waals surface area contributed by atoms with Crippen LogP contribution in [0, 0.1) is 13.8 Å². The van der Waals surface area contributed by atoms with Crippen molar-refractivity contribution in [3.8, 4) is 5.75 Å². The van der Waals surface area contributed by atoms with Crippen molar-refractivity contribution in [1.82, 2.24) is 10.2 Å². The van der Waals surface area contributed by atoms with E-state index in [9.17, 15) is 9.59 Å². The Bertz CT molecular complexity index is 982. The van der Waals surface area contributed by atoms with Crippen molar-refractivity contribution >= 4 is 35.0 Å². The summed E-state index contributed by atoms with van der Waals surface area (Å²) >= 11 is 12.7. The third-order valence-corrected chi connectivity index (χ3v) is 7.37. The van der Waals surface area contributed by atoms with E-state index in [4.69, 9.17) is 27.9 Å². The van der Waals surface area contributed by atoms with E-state index in [2.05, 4.69) is 5.32 Å². The second-order valence-electron chi connectivity index (χ2n) is 9.04. The van der Waals surface area contributed by atoms with Crippen molar-refractivity contribution in [1.29, 1.82) is 0 Å². The van der Waals surface area contributed by atoms with Gasteiger partial charge in [-0.05, 0) is 68.0 Å². The fraction of sp³-hybridized carbons (Fsp3) is 0.481. The number of benzene rings is 2. The van der Waals surface area contributed by atoms with Gasteiger partial charge >= 0.3 is 0 Å². The van der Waals surface area contributed by atoms with Crippen molar-refractivity contribution < 1.29 is 14.3 Å². The van der Waals surface area contributed by atoms with Crippen LogP contribution < -0.4 is 10.1 Å². The standard InChI is InChI=1S/C27H34Cl2N2O3/c1-4-24(27(33)30-21-11-6-5-7-12-21)31(16-20-10-8-9-13-23(20)28)25(32)17-34-22-14-18(2)26(29)19(3)15-22/h8-10,13-15,21,24H,4-7,11-12,16-17H2,1-3H3,(H,30,33). The first-order chi connectivity index (χ1) is 16.3. The summed E-state index contributed by atoms with van der Waals surface area (Å²) < 4.78 is 5.84. The Balaban J connectivity index is 1.79. The second-order valence-corrected chi connectivity index (χ2v) is 9.83. The Labute approximate surface area is 212 Å². The molecule has 34 heavy (non-hydrogen) atoms. The lowest BCUT2D eigenvalue weighted by atomic mass is 9.95. The van der Waals surface area contributed by atoms with Crippen LogP contribution >= 0.6 is 23.2 Å². The highest BCUT2D eigenvalue weighted by Gasteiger charge is 2.31. The summed E-state index contributed by atoms with van der Waals surface area (Å²) in [5.41, 5.74) is 2.56. The third kappa shape index (κ3) is 6.89. The van der Waals surface area contributed by atoms with Gasteiger partial charge in [0.25, 0.3) is 5.91 Å². The average Bonchev–Trinajstić information content (AvgIpc) is 2.82. The van der Waals surface area contributed by atoms with Gasteiger partial charge < -0.3 is 15.0 Å². The molecule has 1 N–H and O–H groups in total. The molecule has 7 heteroatoms. The number of carbonyl (C=O) groups excluding carboxylic acids is 2. The van der Waals surface area contributed by atoms with Crippen LogP contribution in [0.3, 0.4) is 0 Å². The molecule has 1 fully saturated rings. The molecule has 184 valence electrons. The van der Waals surface area contributed by atoms with Crippen molar-refractivity contribution in [2.45, 2.75) is 77.9 Å². The van der Waals surface area contributed by atoms with Gasteiger partial charge in [0.2, 0.25) is 5.91 Å². The van der Waals surface area contributed by atoms with E-state index in [1.165, 1.54) is 6.42 Å². The zero-order valence-electron chi connectivity index (χ0n) is 20.2. The minimum Gasteiger partial charge on any atom is -0.484 e. The van der Waals surface area contributed by atoms with Gasteiger partial charge in [0.1, 0.15) is 11.8 Å². The summed E-state index contributed by atoms with van der Waals surface area (Å²) in [6.07, 6.45) is 5.92. The molecule has 0 aromatic heterocycles. The molecular formula is C27H34Cl2N2O3. The van der Waals surface area contributed by atoms with Crippen LogP contribution in [0.25, 0.3) is 0 Å². The Hall–Kier alpha value is -2.24. The number of hydrogen-bond donors (Lipinski definition) is 1. The molecular weight excluding hydrogens is 471 g/mol. The molecule has 1 aliphatic carbocycles. The summed E-state index contributed by atoms with van der Waals surface area (Å²) in [5.74, 6) is 0.189. The molecule has 1 unspecified atom stereocenters. The van der Waals surface area contributed by atoms with E-state index in [-0.39, 0.29) is 31.0 Å². The van der Waals surface area contributed by atoms with Gasteiger partial charge in [0.05, 0.1) is 0 Å². The fourth-order valence-corrected chi connectivity index (χ4v) is 4.80. The molecule has 0 bridgehead atoms. The Morgan fingerprint density at radius 2 is 1.74 bits per heavy atom. The molecule has 0 aliphatic heterocycles. The molecule has 1 atom stereocenters. The number of halogens is 2. The summed E-state index contributed by atoms with van der Waals surface area (Å²) in [4.78, 5) is 28.3. The minimum absolute atomic E-state index is 0.118. The van der Waals surface area contributed by atoms with Crippen LogP contribution in [0.4, 0.5) is 0 Å². The first-order valence-corrected chi connectivity index (χ1v) is 12.8. The lowest BCUT2D eigenvalue weighted by Crippen LogP contribution is -2.52.